The number of carboxylic acid groups (broad SMARTS) is 1. The fourth-order valence-electron chi connectivity index (χ4n) is 1.80. The molecule has 0 saturated carbocycles. The van der Waals surface area contributed by atoms with Crippen molar-refractivity contribution < 1.29 is 19.1 Å². The minimum atomic E-state index is -1.01. The summed E-state index contributed by atoms with van der Waals surface area (Å²) in [5.74, 6) is -1.14. The quantitative estimate of drug-likeness (QED) is 0.659. The number of aromatic nitrogens is 2. The van der Waals surface area contributed by atoms with E-state index in [0.717, 1.165) is 14.6 Å². The van der Waals surface area contributed by atoms with Gasteiger partial charge in [-0.05, 0) is 12.1 Å². The molecule has 1 amide bonds. The minimum absolute atomic E-state index is 0.00356. The van der Waals surface area contributed by atoms with E-state index in [4.69, 9.17) is 9.52 Å². The highest BCUT2D eigenvalue weighted by Gasteiger charge is 2.12. The number of aliphatic carboxylic acids is 1. The van der Waals surface area contributed by atoms with Gasteiger partial charge in [0.2, 0.25) is 5.91 Å². The van der Waals surface area contributed by atoms with Crippen LogP contribution in [0.25, 0.3) is 10.2 Å². The number of amides is 1. The maximum Gasteiger partial charge on any atom is 0.309 e. The molecule has 0 fully saturated rings. The zero-order valence-electron chi connectivity index (χ0n) is 11.7. The lowest BCUT2D eigenvalue weighted by Crippen LogP contribution is -2.14. The number of carbonyl (C=O) groups is 2. The Hall–Kier alpha value is -2.39. The van der Waals surface area contributed by atoms with Crippen molar-refractivity contribution >= 4 is 51.2 Å². The minimum Gasteiger partial charge on any atom is -0.481 e. The van der Waals surface area contributed by atoms with Crippen LogP contribution in [0, 0.1) is 0 Å². The Labute approximate surface area is 138 Å². The predicted octanol–water partition coefficient (Wildman–Crippen LogP) is 2.64. The second kappa shape index (κ2) is 6.80. The highest BCUT2D eigenvalue weighted by atomic mass is 32.2. The van der Waals surface area contributed by atoms with Gasteiger partial charge in [0.15, 0.2) is 4.34 Å². The lowest BCUT2D eigenvalue weighted by atomic mass is 10.3. The van der Waals surface area contributed by atoms with E-state index in [-0.39, 0.29) is 29.8 Å². The summed E-state index contributed by atoms with van der Waals surface area (Å²) in [5, 5.41) is 11.1. The van der Waals surface area contributed by atoms with Gasteiger partial charge in [0.25, 0.3) is 0 Å². The molecule has 2 aromatic heterocycles. The number of rotatable bonds is 6. The normalized spacial score (nSPS) is 10.8. The van der Waals surface area contributed by atoms with Crippen molar-refractivity contribution in [1.82, 2.24) is 9.97 Å². The molecule has 0 aliphatic rings. The number of fused-ring (bicyclic) bond motifs is 1. The predicted molar refractivity (Wildman–Crippen MR) is 86.8 cm³/mol. The number of carbonyl (C=O) groups excluding carboxylic acids is 1. The summed E-state index contributed by atoms with van der Waals surface area (Å²) in [6.07, 6.45) is 0.963. The average Bonchev–Trinajstić information content (AvgIpc) is 3.10. The molecule has 3 rings (SSSR count). The molecule has 1 aromatic carbocycles. The molecule has 0 aliphatic heterocycles. The summed E-state index contributed by atoms with van der Waals surface area (Å²) >= 11 is 2.85. The number of oxazole rings is 1. The van der Waals surface area contributed by atoms with Gasteiger partial charge in [-0.15, -0.1) is 11.3 Å². The van der Waals surface area contributed by atoms with Crippen LogP contribution in [0.1, 0.15) is 5.69 Å². The van der Waals surface area contributed by atoms with Gasteiger partial charge < -0.3 is 9.52 Å². The van der Waals surface area contributed by atoms with Gasteiger partial charge in [-0.3, -0.25) is 14.9 Å². The first-order chi connectivity index (χ1) is 11.1. The number of hydrogen-bond donors (Lipinski definition) is 2. The Balaban J connectivity index is 1.54. The van der Waals surface area contributed by atoms with E-state index in [1.165, 1.54) is 29.4 Å². The Morgan fingerprint density at radius 3 is 2.91 bits per heavy atom. The lowest BCUT2D eigenvalue weighted by Gasteiger charge is -1.98. The Morgan fingerprint density at radius 1 is 1.30 bits per heavy atom. The Bertz CT molecular complexity index is 825. The third kappa shape index (κ3) is 4.08. The van der Waals surface area contributed by atoms with Gasteiger partial charge in [-0.1, -0.05) is 23.9 Å². The zero-order chi connectivity index (χ0) is 16.2. The summed E-state index contributed by atoms with van der Waals surface area (Å²) < 4.78 is 6.88. The van der Waals surface area contributed by atoms with Crippen LogP contribution in [-0.4, -0.2) is 32.7 Å². The van der Waals surface area contributed by atoms with Gasteiger partial charge in [-0.2, -0.15) is 4.98 Å². The first-order valence-electron chi connectivity index (χ1n) is 6.54. The smallest absolute Gasteiger partial charge is 0.309 e. The molecule has 2 heterocycles. The van der Waals surface area contributed by atoms with Gasteiger partial charge in [0.1, 0.15) is 6.26 Å². The molecule has 0 spiro atoms. The van der Waals surface area contributed by atoms with Gasteiger partial charge in [0, 0.05) is 0 Å². The molecule has 0 aliphatic carbocycles. The number of carboxylic acids is 1. The topological polar surface area (TPSA) is 105 Å². The number of benzene rings is 1. The largest absolute Gasteiger partial charge is 0.481 e. The van der Waals surface area contributed by atoms with Crippen LogP contribution < -0.4 is 5.32 Å². The molecule has 0 atom stereocenters. The molecule has 0 bridgehead atoms. The lowest BCUT2D eigenvalue weighted by molar-refractivity contribution is -0.136. The molecule has 0 unspecified atom stereocenters. The molecule has 23 heavy (non-hydrogen) atoms. The highest BCUT2D eigenvalue weighted by molar-refractivity contribution is 8.01. The molecule has 0 saturated heterocycles. The molecule has 7 nitrogen and oxygen atoms in total. The van der Waals surface area contributed by atoms with E-state index in [9.17, 15) is 9.59 Å². The van der Waals surface area contributed by atoms with Gasteiger partial charge in [-0.25, -0.2) is 4.98 Å². The summed E-state index contributed by atoms with van der Waals surface area (Å²) in [7, 11) is 0. The number of thiazole rings is 1. The summed E-state index contributed by atoms with van der Waals surface area (Å²) in [6.45, 7) is 0. The second-order valence-corrected chi connectivity index (χ2v) is 6.75. The van der Waals surface area contributed by atoms with Gasteiger partial charge >= 0.3 is 12.0 Å². The number of nitrogens with zero attached hydrogens (tertiary/aromatic N) is 2. The van der Waals surface area contributed by atoms with E-state index in [1.807, 2.05) is 24.3 Å². The molecule has 0 radical (unpaired) electrons. The van der Waals surface area contributed by atoms with Crippen molar-refractivity contribution in [3.63, 3.8) is 0 Å². The molecule has 118 valence electrons. The maximum absolute atomic E-state index is 11.9. The van der Waals surface area contributed by atoms with E-state index in [0.29, 0.717) is 0 Å². The van der Waals surface area contributed by atoms with E-state index < -0.39 is 5.97 Å². The van der Waals surface area contributed by atoms with Crippen molar-refractivity contribution in [3.05, 3.63) is 36.2 Å². The summed E-state index contributed by atoms with van der Waals surface area (Å²) in [5.41, 5.74) is 1.16. The first-order valence-corrected chi connectivity index (χ1v) is 8.35. The fraction of sp³-hybridized carbons (Fsp3) is 0.143. The van der Waals surface area contributed by atoms with Crippen molar-refractivity contribution in [2.75, 3.05) is 11.1 Å². The van der Waals surface area contributed by atoms with Crippen molar-refractivity contribution in [2.45, 2.75) is 10.8 Å². The molecular formula is C14H11N3O4S2. The summed E-state index contributed by atoms with van der Waals surface area (Å²) in [4.78, 5) is 30.7. The van der Waals surface area contributed by atoms with Crippen molar-refractivity contribution in [2.24, 2.45) is 0 Å². The van der Waals surface area contributed by atoms with Crippen LogP contribution >= 0.6 is 23.1 Å². The maximum atomic E-state index is 11.9. The highest BCUT2D eigenvalue weighted by Crippen LogP contribution is 2.29. The number of nitrogens with one attached hydrogen (secondary N) is 1. The first kappa shape index (κ1) is 15.5. The Morgan fingerprint density at radius 2 is 2.13 bits per heavy atom. The van der Waals surface area contributed by atoms with Crippen molar-refractivity contribution in [1.29, 1.82) is 0 Å². The van der Waals surface area contributed by atoms with E-state index in [2.05, 4.69) is 15.3 Å². The number of para-hydroxylation sites is 1. The number of anilines is 1. The zero-order valence-corrected chi connectivity index (χ0v) is 13.3. The van der Waals surface area contributed by atoms with Crippen LogP contribution in [-0.2, 0) is 16.0 Å². The third-order valence-electron chi connectivity index (χ3n) is 2.73. The molecule has 9 heteroatoms. The molecular weight excluding hydrogens is 338 g/mol. The Kier molecular flexibility index (Phi) is 4.58. The SMILES string of the molecule is O=C(O)Cc1coc(NC(=O)CSc2nc3ccccc3s2)n1. The molecule has 3 aromatic rings. The number of thioether (sulfide) groups is 1. The third-order valence-corrected chi connectivity index (χ3v) is 4.91. The van der Waals surface area contributed by atoms with Crippen LogP contribution in [0.2, 0.25) is 0 Å². The van der Waals surface area contributed by atoms with Gasteiger partial charge in [0.05, 0.1) is 28.1 Å². The number of hydrogen-bond acceptors (Lipinski definition) is 7. The summed E-state index contributed by atoms with van der Waals surface area (Å²) in [6, 6.07) is 7.76. The fourth-order valence-corrected chi connectivity index (χ4v) is 3.66. The van der Waals surface area contributed by atoms with Crippen molar-refractivity contribution in [3.8, 4) is 0 Å². The van der Waals surface area contributed by atoms with Crippen LogP contribution in [0.15, 0.2) is 39.3 Å². The van der Waals surface area contributed by atoms with E-state index in [1.54, 1.807) is 0 Å². The van der Waals surface area contributed by atoms with Crippen LogP contribution in [0.5, 0.6) is 0 Å². The average molecular weight is 349 g/mol. The van der Waals surface area contributed by atoms with E-state index >= 15 is 0 Å². The standard InChI is InChI=1S/C14H11N3O4S2/c18-11(17-13-15-8(6-21-13)5-12(19)20)7-22-14-16-9-3-1-2-4-10(9)23-14/h1-4,6H,5,7H2,(H,19,20)(H,15,17,18). The van der Waals surface area contributed by atoms with Crippen LogP contribution in [0.4, 0.5) is 6.01 Å². The monoisotopic (exact) mass is 349 g/mol. The second-order valence-electron chi connectivity index (χ2n) is 4.50. The molecule has 2 N–H and O–H groups in total. The van der Waals surface area contributed by atoms with Crippen LogP contribution in [0.3, 0.4) is 0 Å².